The third kappa shape index (κ3) is 5.49. The zero-order chi connectivity index (χ0) is 22.5. The van der Waals surface area contributed by atoms with Crippen molar-refractivity contribution in [2.75, 3.05) is 6.54 Å². The monoisotopic (exact) mass is 434 g/mol. The van der Waals surface area contributed by atoms with Crippen molar-refractivity contribution in [1.29, 1.82) is 0 Å². The maximum absolute atomic E-state index is 13.1. The van der Waals surface area contributed by atoms with Crippen molar-refractivity contribution < 1.29 is 8.81 Å². The molecule has 0 saturated heterocycles. The molecule has 32 heavy (non-hydrogen) atoms. The lowest BCUT2D eigenvalue weighted by Gasteiger charge is -2.37. The topological polar surface area (TPSA) is 63.8 Å². The van der Waals surface area contributed by atoms with Crippen LogP contribution in [0.2, 0.25) is 0 Å². The van der Waals surface area contributed by atoms with Crippen molar-refractivity contribution >= 4 is 0 Å². The molecule has 6 heteroatoms. The van der Waals surface area contributed by atoms with Gasteiger partial charge in [-0.15, -0.1) is 10.2 Å². The van der Waals surface area contributed by atoms with Crippen LogP contribution in [0, 0.1) is 29.5 Å². The second-order valence-corrected chi connectivity index (χ2v) is 9.12. The van der Waals surface area contributed by atoms with Crippen LogP contribution in [0.15, 0.2) is 64.9 Å². The molecule has 0 spiro atoms. The van der Waals surface area contributed by atoms with Gasteiger partial charge in [0.2, 0.25) is 11.8 Å². The van der Waals surface area contributed by atoms with Crippen molar-refractivity contribution in [1.82, 2.24) is 20.5 Å². The number of benzene rings is 1. The predicted molar refractivity (Wildman–Crippen MR) is 123 cm³/mol. The first-order chi connectivity index (χ1) is 15.5. The number of aromatic nitrogens is 3. The number of halogens is 1. The molecule has 168 valence electrons. The number of hydrogen-bond acceptors (Lipinski definition) is 5. The highest BCUT2D eigenvalue weighted by atomic mass is 19.1. The molecule has 1 aliphatic carbocycles. The van der Waals surface area contributed by atoms with E-state index in [4.69, 9.17) is 4.42 Å². The largest absolute Gasteiger partial charge is 0.421 e. The normalized spacial score (nSPS) is 21.0. The van der Waals surface area contributed by atoms with Crippen LogP contribution in [0.3, 0.4) is 0 Å². The van der Waals surface area contributed by atoms with Crippen LogP contribution in [0.5, 0.6) is 0 Å². The Balaban J connectivity index is 1.39. The smallest absolute Gasteiger partial charge is 0.249 e. The molecule has 3 unspecified atom stereocenters. The fourth-order valence-corrected chi connectivity index (χ4v) is 4.65. The van der Waals surface area contributed by atoms with Crippen molar-refractivity contribution in [3.63, 3.8) is 0 Å². The van der Waals surface area contributed by atoms with Gasteiger partial charge in [0, 0.05) is 31.9 Å². The molecule has 0 bridgehead atoms. The minimum Gasteiger partial charge on any atom is -0.421 e. The standard InChI is InChI=1S/C26H31FN4O/c1-17(2)24-12-21(13-25-30-31-26(32-25)20-5-4-10-28-15-20)18(3)11-22(24)16-29-14-19-6-8-23(27)9-7-19/h4-11,15,17,21-22,24,29H,12-14,16H2,1-3H3. The summed E-state index contributed by atoms with van der Waals surface area (Å²) >= 11 is 0. The summed E-state index contributed by atoms with van der Waals surface area (Å²) in [6.45, 7) is 8.48. The molecule has 0 fully saturated rings. The van der Waals surface area contributed by atoms with Gasteiger partial charge < -0.3 is 9.73 Å². The molecule has 1 aromatic carbocycles. The van der Waals surface area contributed by atoms with E-state index in [1.807, 2.05) is 24.3 Å². The average Bonchev–Trinajstić information content (AvgIpc) is 3.26. The first-order valence-electron chi connectivity index (χ1n) is 11.4. The quantitative estimate of drug-likeness (QED) is 0.477. The Bertz CT molecular complexity index is 1030. The van der Waals surface area contributed by atoms with Gasteiger partial charge in [-0.05, 0) is 66.8 Å². The summed E-state index contributed by atoms with van der Waals surface area (Å²) in [6, 6.07) is 10.5. The average molecular weight is 435 g/mol. The summed E-state index contributed by atoms with van der Waals surface area (Å²) < 4.78 is 19.1. The van der Waals surface area contributed by atoms with Crippen molar-refractivity contribution in [2.45, 2.75) is 40.2 Å². The second-order valence-electron chi connectivity index (χ2n) is 9.12. The van der Waals surface area contributed by atoms with Gasteiger partial charge in [0.1, 0.15) is 5.82 Å². The molecule has 2 aromatic heterocycles. The zero-order valence-electron chi connectivity index (χ0n) is 19.0. The van der Waals surface area contributed by atoms with Gasteiger partial charge in [-0.3, -0.25) is 4.98 Å². The first kappa shape index (κ1) is 22.3. The minimum atomic E-state index is -0.195. The summed E-state index contributed by atoms with van der Waals surface area (Å²) in [5.74, 6) is 3.03. The molecule has 3 atom stereocenters. The molecular weight excluding hydrogens is 403 g/mol. The van der Waals surface area contributed by atoms with Gasteiger partial charge in [0.15, 0.2) is 0 Å². The summed E-state index contributed by atoms with van der Waals surface area (Å²) in [6.07, 6.45) is 7.76. The third-order valence-corrected chi connectivity index (χ3v) is 6.50. The molecule has 4 rings (SSSR count). The van der Waals surface area contributed by atoms with E-state index in [-0.39, 0.29) is 5.82 Å². The number of rotatable bonds is 8. The van der Waals surface area contributed by atoms with E-state index in [9.17, 15) is 4.39 Å². The van der Waals surface area contributed by atoms with Crippen molar-refractivity contribution in [3.8, 4) is 11.5 Å². The first-order valence-corrected chi connectivity index (χ1v) is 11.4. The van der Waals surface area contributed by atoms with Gasteiger partial charge in [0.25, 0.3) is 0 Å². The van der Waals surface area contributed by atoms with E-state index >= 15 is 0 Å². The van der Waals surface area contributed by atoms with Crippen LogP contribution in [-0.2, 0) is 13.0 Å². The second kappa shape index (κ2) is 10.2. The summed E-state index contributed by atoms with van der Waals surface area (Å²) in [5.41, 5.74) is 3.33. The maximum atomic E-state index is 13.1. The summed E-state index contributed by atoms with van der Waals surface area (Å²) in [4.78, 5) is 4.12. The van der Waals surface area contributed by atoms with Crippen molar-refractivity contribution in [2.24, 2.45) is 23.7 Å². The maximum Gasteiger partial charge on any atom is 0.249 e. The highest BCUT2D eigenvalue weighted by Crippen LogP contribution is 2.38. The Hall–Kier alpha value is -2.86. The van der Waals surface area contributed by atoms with Crippen LogP contribution < -0.4 is 5.32 Å². The molecule has 3 aromatic rings. The molecular formula is C26H31FN4O. The SMILES string of the molecule is CC1=CC(CNCc2ccc(F)cc2)C(C(C)C)CC1Cc1nnc(-c2cccnc2)o1. The fourth-order valence-electron chi connectivity index (χ4n) is 4.65. The lowest BCUT2D eigenvalue weighted by atomic mass is 9.70. The fraction of sp³-hybridized carbons (Fsp3) is 0.423. The van der Waals surface area contributed by atoms with E-state index in [0.29, 0.717) is 35.5 Å². The molecule has 0 amide bonds. The third-order valence-electron chi connectivity index (χ3n) is 6.50. The van der Waals surface area contributed by atoms with Gasteiger partial charge >= 0.3 is 0 Å². The Morgan fingerprint density at radius 1 is 1.16 bits per heavy atom. The zero-order valence-corrected chi connectivity index (χ0v) is 19.0. The number of nitrogens with one attached hydrogen (secondary N) is 1. The van der Waals surface area contributed by atoms with Gasteiger partial charge in [-0.1, -0.05) is 37.6 Å². The summed E-state index contributed by atoms with van der Waals surface area (Å²) in [5, 5.41) is 12.1. The van der Waals surface area contributed by atoms with Crippen LogP contribution in [0.25, 0.3) is 11.5 Å². The Morgan fingerprint density at radius 2 is 1.97 bits per heavy atom. The Labute approximate surface area is 189 Å². The van der Waals surface area contributed by atoms with E-state index in [0.717, 1.165) is 37.1 Å². The molecule has 0 aliphatic heterocycles. The van der Waals surface area contributed by atoms with Crippen LogP contribution in [0.4, 0.5) is 4.39 Å². The minimum absolute atomic E-state index is 0.195. The molecule has 0 radical (unpaired) electrons. The van der Waals surface area contributed by atoms with Crippen LogP contribution in [-0.4, -0.2) is 21.7 Å². The highest BCUT2D eigenvalue weighted by Gasteiger charge is 2.32. The van der Waals surface area contributed by atoms with E-state index in [1.54, 1.807) is 12.4 Å². The molecule has 1 N–H and O–H groups in total. The predicted octanol–water partition coefficient (Wildman–Crippen LogP) is 5.46. The van der Waals surface area contributed by atoms with E-state index in [1.165, 1.54) is 17.7 Å². The molecule has 2 heterocycles. The molecule has 5 nitrogen and oxygen atoms in total. The number of nitrogens with zero attached hydrogens (tertiary/aromatic N) is 3. The molecule has 0 saturated carbocycles. The molecule has 1 aliphatic rings. The lowest BCUT2D eigenvalue weighted by molar-refractivity contribution is 0.218. The van der Waals surface area contributed by atoms with Crippen LogP contribution in [0.1, 0.15) is 38.6 Å². The highest BCUT2D eigenvalue weighted by molar-refractivity contribution is 5.49. The van der Waals surface area contributed by atoms with E-state index in [2.05, 4.69) is 47.3 Å². The van der Waals surface area contributed by atoms with Crippen molar-refractivity contribution in [3.05, 3.63) is 77.7 Å². The van der Waals surface area contributed by atoms with Gasteiger partial charge in [-0.2, -0.15) is 0 Å². The number of pyridine rings is 1. The van der Waals surface area contributed by atoms with E-state index < -0.39 is 0 Å². The number of allylic oxidation sites excluding steroid dienone is 1. The number of hydrogen-bond donors (Lipinski definition) is 1. The Morgan fingerprint density at radius 3 is 2.69 bits per heavy atom. The summed E-state index contributed by atoms with van der Waals surface area (Å²) in [7, 11) is 0. The van der Waals surface area contributed by atoms with Crippen LogP contribution >= 0.6 is 0 Å². The Kier molecular flexibility index (Phi) is 7.10. The lowest BCUT2D eigenvalue weighted by Crippen LogP contribution is -2.34. The van der Waals surface area contributed by atoms with Gasteiger partial charge in [0.05, 0.1) is 5.56 Å². The van der Waals surface area contributed by atoms with Gasteiger partial charge in [-0.25, -0.2) is 4.39 Å².